The largest absolute Gasteiger partial charge is 0.450 e. The van der Waals surface area contributed by atoms with E-state index in [1.54, 1.807) is 4.90 Å². The second-order valence-corrected chi connectivity index (χ2v) is 5.99. The highest BCUT2D eigenvalue weighted by Crippen LogP contribution is 2.26. The van der Waals surface area contributed by atoms with Crippen LogP contribution >= 0.6 is 0 Å². The zero-order chi connectivity index (χ0) is 17.3. The van der Waals surface area contributed by atoms with Gasteiger partial charge in [-0.15, -0.1) is 0 Å². The van der Waals surface area contributed by atoms with Crippen LogP contribution < -0.4 is 15.4 Å². The molecule has 2 N–H and O–H groups in total. The van der Waals surface area contributed by atoms with Crippen molar-refractivity contribution in [3.63, 3.8) is 0 Å². The first-order valence-electron chi connectivity index (χ1n) is 7.58. The molecule has 0 aliphatic carbocycles. The number of para-hydroxylation sites is 1. The van der Waals surface area contributed by atoms with E-state index in [1.807, 2.05) is 30.3 Å². The average Bonchev–Trinajstić information content (AvgIpc) is 2.88. The molecule has 126 valence electrons. The Morgan fingerprint density at radius 1 is 1.25 bits per heavy atom. The minimum Gasteiger partial charge on any atom is -0.450 e. The molecule has 8 heteroatoms. The van der Waals surface area contributed by atoms with E-state index in [1.165, 1.54) is 13.8 Å². The highest BCUT2D eigenvalue weighted by atomic mass is 19.1. The maximum Gasteiger partial charge on any atom is 0.322 e. The van der Waals surface area contributed by atoms with Crippen LogP contribution in [0.1, 0.15) is 26.1 Å². The van der Waals surface area contributed by atoms with Gasteiger partial charge in [0, 0.05) is 18.7 Å². The number of alkyl halides is 1. The molecule has 1 atom stereocenters. The van der Waals surface area contributed by atoms with Gasteiger partial charge in [0.2, 0.25) is 5.95 Å². The van der Waals surface area contributed by atoms with Crippen molar-refractivity contribution in [1.82, 2.24) is 15.0 Å². The minimum absolute atomic E-state index is 0.129. The number of nitrogens with two attached hydrogens (primary N) is 1. The molecule has 1 aromatic carbocycles. The van der Waals surface area contributed by atoms with E-state index in [-0.39, 0.29) is 23.7 Å². The number of rotatable bonds is 4. The Hall–Kier alpha value is -2.77. The zero-order valence-corrected chi connectivity index (χ0v) is 13.4. The van der Waals surface area contributed by atoms with Crippen LogP contribution in [0.2, 0.25) is 0 Å². The van der Waals surface area contributed by atoms with E-state index in [4.69, 9.17) is 10.5 Å². The average molecular weight is 331 g/mol. The molecule has 2 aromatic rings. The number of nitrogen functional groups attached to an aromatic ring is 1. The van der Waals surface area contributed by atoms with Crippen LogP contribution in [0.3, 0.4) is 0 Å². The van der Waals surface area contributed by atoms with E-state index >= 15 is 0 Å². The molecular formula is C16H18FN5O2. The number of aromatic nitrogens is 3. The topological polar surface area (TPSA) is 94.2 Å². The zero-order valence-electron chi connectivity index (χ0n) is 13.4. The molecule has 3 rings (SSSR count). The van der Waals surface area contributed by atoms with Crippen LogP contribution in [0.4, 0.5) is 16.0 Å². The first-order valence-corrected chi connectivity index (χ1v) is 7.58. The monoisotopic (exact) mass is 331 g/mol. The van der Waals surface area contributed by atoms with E-state index < -0.39 is 11.8 Å². The third-order valence-corrected chi connectivity index (χ3v) is 3.64. The van der Waals surface area contributed by atoms with Gasteiger partial charge in [-0.1, -0.05) is 18.2 Å². The lowest BCUT2D eigenvalue weighted by Gasteiger charge is -2.17. The van der Waals surface area contributed by atoms with Crippen molar-refractivity contribution in [1.29, 1.82) is 0 Å². The van der Waals surface area contributed by atoms with E-state index in [9.17, 15) is 9.18 Å². The maximum absolute atomic E-state index is 14.0. The summed E-state index contributed by atoms with van der Waals surface area (Å²) >= 11 is 0. The molecule has 2 heterocycles. The first kappa shape index (κ1) is 16.1. The van der Waals surface area contributed by atoms with E-state index in [0.29, 0.717) is 13.0 Å². The van der Waals surface area contributed by atoms with Crippen molar-refractivity contribution in [2.45, 2.75) is 32.0 Å². The fraction of sp³-hybridized carbons (Fsp3) is 0.375. The number of nitrogens with zero attached hydrogens (tertiary/aromatic N) is 4. The van der Waals surface area contributed by atoms with Gasteiger partial charge in [0.15, 0.2) is 17.6 Å². The minimum atomic E-state index is -1.79. The number of carbonyl (C=O) groups excluding carboxylic acids is 1. The summed E-state index contributed by atoms with van der Waals surface area (Å²) in [6, 6.07) is 9.16. The number of hydrogen-bond acceptors (Lipinski definition) is 6. The molecule has 0 spiro atoms. The summed E-state index contributed by atoms with van der Waals surface area (Å²) < 4.78 is 19.6. The Bertz CT molecular complexity index is 748. The second-order valence-electron chi connectivity index (χ2n) is 5.99. The summed E-state index contributed by atoms with van der Waals surface area (Å²) in [6.45, 7) is 3.14. The van der Waals surface area contributed by atoms with Crippen LogP contribution in [0.15, 0.2) is 30.3 Å². The lowest BCUT2D eigenvalue weighted by molar-refractivity contribution is -0.123. The lowest BCUT2D eigenvalue weighted by Crippen LogP contribution is -2.32. The summed E-state index contributed by atoms with van der Waals surface area (Å²) in [5.41, 5.74) is 4.59. The Morgan fingerprint density at radius 3 is 2.62 bits per heavy atom. The van der Waals surface area contributed by atoms with Gasteiger partial charge in [-0.3, -0.25) is 4.79 Å². The Morgan fingerprint density at radius 2 is 1.96 bits per heavy atom. The summed E-state index contributed by atoms with van der Waals surface area (Å²) in [7, 11) is 0. The van der Waals surface area contributed by atoms with Crippen LogP contribution in [-0.2, 0) is 10.5 Å². The van der Waals surface area contributed by atoms with Gasteiger partial charge in [0.25, 0.3) is 5.91 Å². The Kier molecular flexibility index (Phi) is 4.04. The second kappa shape index (κ2) is 6.03. The van der Waals surface area contributed by atoms with Crippen molar-refractivity contribution in [2.75, 3.05) is 17.2 Å². The van der Waals surface area contributed by atoms with Crippen molar-refractivity contribution >= 4 is 17.5 Å². The number of amides is 1. The molecule has 7 nitrogen and oxygen atoms in total. The van der Waals surface area contributed by atoms with Gasteiger partial charge in [-0.05, 0) is 26.0 Å². The molecule has 1 unspecified atom stereocenters. The molecule has 1 aromatic heterocycles. The molecule has 0 saturated carbocycles. The van der Waals surface area contributed by atoms with Gasteiger partial charge >= 0.3 is 6.01 Å². The molecule has 1 aliphatic rings. The van der Waals surface area contributed by atoms with Crippen molar-refractivity contribution in [3.05, 3.63) is 36.2 Å². The molecule has 24 heavy (non-hydrogen) atoms. The third kappa shape index (κ3) is 3.27. The summed E-state index contributed by atoms with van der Waals surface area (Å²) in [6.07, 6.45) is -0.254. The maximum atomic E-state index is 14.0. The predicted molar refractivity (Wildman–Crippen MR) is 86.2 cm³/mol. The van der Waals surface area contributed by atoms with E-state index in [0.717, 1.165) is 5.69 Å². The third-order valence-electron chi connectivity index (χ3n) is 3.64. The van der Waals surface area contributed by atoms with Gasteiger partial charge < -0.3 is 15.4 Å². The van der Waals surface area contributed by atoms with Gasteiger partial charge in [0.1, 0.15) is 0 Å². The normalized spacial score (nSPS) is 18.0. The van der Waals surface area contributed by atoms with Gasteiger partial charge in [0.05, 0.1) is 0 Å². The standard InChI is InChI=1S/C16H18FN5O2/c1-16(2,17)13-19-14(18)21-15(20-13)24-11-8-9-22(12(11)23)10-6-4-3-5-7-10/h3-7,11H,8-9H2,1-2H3,(H2,18,19,20,21). The number of hydrogen-bond donors (Lipinski definition) is 1. The first-order chi connectivity index (χ1) is 11.3. The lowest BCUT2D eigenvalue weighted by atomic mass is 10.1. The number of halogens is 1. The smallest absolute Gasteiger partial charge is 0.322 e. The molecule has 1 aliphatic heterocycles. The van der Waals surface area contributed by atoms with Crippen molar-refractivity contribution < 1.29 is 13.9 Å². The number of anilines is 2. The quantitative estimate of drug-likeness (QED) is 0.919. The SMILES string of the molecule is CC(C)(F)c1nc(N)nc(OC2CCN(c3ccccc3)C2=O)n1. The summed E-state index contributed by atoms with van der Waals surface area (Å²) in [5, 5.41) is 0. The number of benzene rings is 1. The van der Waals surface area contributed by atoms with Gasteiger partial charge in [-0.2, -0.15) is 15.0 Å². The van der Waals surface area contributed by atoms with E-state index in [2.05, 4.69) is 15.0 Å². The van der Waals surface area contributed by atoms with Crippen LogP contribution in [-0.4, -0.2) is 33.5 Å². The molecule has 0 bridgehead atoms. The van der Waals surface area contributed by atoms with Crippen molar-refractivity contribution in [2.24, 2.45) is 0 Å². The predicted octanol–water partition coefficient (Wildman–Crippen LogP) is 1.84. The van der Waals surface area contributed by atoms with Gasteiger partial charge in [-0.25, -0.2) is 4.39 Å². The summed E-state index contributed by atoms with van der Waals surface area (Å²) in [5.74, 6) is -0.470. The molecule has 1 amide bonds. The number of ether oxygens (including phenoxy) is 1. The number of carbonyl (C=O) groups is 1. The van der Waals surface area contributed by atoms with Crippen LogP contribution in [0.5, 0.6) is 6.01 Å². The fourth-order valence-corrected chi connectivity index (χ4v) is 2.45. The van der Waals surface area contributed by atoms with Crippen molar-refractivity contribution in [3.8, 4) is 6.01 Å². The summed E-state index contributed by atoms with van der Waals surface area (Å²) in [4.78, 5) is 25.7. The fourth-order valence-electron chi connectivity index (χ4n) is 2.45. The van der Waals surface area contributed by atoms with Crippen LogP contribution in [0, 0.1) is 0 Å². The Labute approximate surface area is 138 Å². The molecule has 1 fully saturated rings. The molecule has 1 saturated heterocycles. The Balaban J connectivity index is 1.78. The highest BCUT2D eigenvalue weighted by molar-refractivity contribution is 5.98. The van der Waals surface area contributed by atoms with Crippen LogP contribution in [0.25, 0.3) is 0 Å². The molecule has 0 radical (unpaired) electrons. The highest BCUT2D eigenvalue weighted by Gasteiger charge is 2.35. The molecular weight excluding hydrogens is 313 g/mol.